The number of anilines is 1. The van der Waals surface area contributed by atoms with Gasteiger partial charge < -0.3 is 25.0 Å². The third-order valence-corrected chi connectivity index (χ3v) is 8.30. The molecule has 1 saturated heterocycles. The van der Waals surface area contributed by atoms with Crippen molar-refractivity contribution < 1.29 is 19.1 Å². The van der Waals surface area contributed by atoms with Crippen molar-refractivity contribution >= 4 is 41.5 Å². The Bertz CT molecular complexity index is 1550. The maximum Gasteiger partial charge on any atom is 0.255 e. The van der Waals surface area contributed by atoms with Crippen LogP contribution in [0.2, 0.25) is 5.02 Å². The smallest absolute Gasteiger partial charge is 0.255 e. The molecule has 3 aromatic carbocycles. The molecule has 0 unspecified atom stereocenters. The van der Waals surface area contributed by atoms with E-state index in [2.05, 4.69) is 26.6 Å². The van der Waals surface area contributed by atoms with Gasteiger partial charge >= 0.3 is 0 Å². The van der Waals surface area contributed by atoms with Crippen LogP contribution in [0, 0.1) is 0 Å². The van der Waals surface area contributed by atoms with Gasteiger partial charge in [-0.15, -0.1) is 12.4 Å². The van der Waals surface area contributed by atoms with Gasteiger partial charge in [0.15, 0.2) is 0 Å². The molecule has 4 aromatic rings. The monoisotopic (exact) mass is 662 g/mol. The number of piperidine rings is 1. The van der Waals surface area contributed by atoms with Gasteiger partial charge in [-0.2, -0.15) is 0 Å². The highest BCUT2D eigenvalue weighted by Gasteiger charge is 2.24. The summed E-state index contributed by atoms with van der Waals surface area (Å²) in [5.74, 6) is 1.80. The van der Waals surface area contributed by atoms with Gasteiger partial charge in [0.25, 0.3) is 11.8 Å². The second-order valence-electron chi connectivity index (χ2n) is 11.1. The summed E-state index contributed by atoms with van der Waals surface area (Å²) in [6, 6.07) is 25.5. The molecule has 0 aliphatic carbocycles. The Kier molecular flexibility index (Phi) is 13.3. The molecule has 5 rings (SSSR count). The number of pyridine rings is 1. The van der Waals surface area contributed by atoms with Gasteiger partial charge in [0.05, 0.1) is 12.8 Å². The number of hydrogen-bond acceptors (Lipinski definition) is 6. The quantitative estimate of drug-likeness (QED) is 0.145. The van der Waals surface area contributed by atoms with Crippen molar-refractivity contribution in [2.24, 2.45) is 0 Å². The Hall–Kier alpha value is -4.11. The van der Waals surface area contributed by atoms with Crippen molar-refractivity contribution in [3.05, 3.63) is 119 Å². The summed E-state index contributed by atoms with van der Waals surface area (Å²) in [6.07, 6.45) is 5.81. The zero-order valence-electron chi connectivity index (χ0n) is 25.9. The molecule has 0 saturated carbocycles. The molecular formula is C36H40Cl2N4O4. The SMILES string of the molecule is COc1ccc(OCc2ccccn2)c(C2CCN(CCCCNC(=O)c3ccc(NC(=O)c4ccc(Cl)cc4)cc3)CC2)c1.Cl. The summed E-state index contributed by atoms with van der Waals surface area (Å²) in [5.41, 5.74) is 3.79. The second kappa shape index (κ2) is 17.5. The second-order valence-corrected chi connectivity index (χ2v) is 11.6. The van der Waals surface area contributed by atoms with E-state index in [-0.39, 0.29) is 24.2 Å². The van der Waals surface area contributed by atoms with Crippen LogP contribution in [0.15, 0.2) is 91.1 Å². The molecule has 46 heavy (non-hydrogen) atoms. The standard InChI is InChI=1S/C36H39ClN4O4.ClH/c1-44-32-15-16-34(45-25-31-6-2-3-19-38-31)33(24-32)26-17-22-41(23-18-26)21-5-4-20-39-35(42)27-9-13-30(14-10-27)40-36(43)28-7-11-29(37)12-8-28;/h2-3,6-16,19,24,26H,4-5,17-18,20-23,25H2,1H3,(H,39,42)(H,40,43);1H. The topological polar surface area (TPSA) is 92.8 Å². The van der Waals surface area contributed by atoms with E-state index in [1.807, 2.05) is 30.3 Å². The third-order valence-electron chi connectivity index (χ3n) is 8.04. The molecule has 1 fully saturated rings. The van der Waals surface area contributed by atoms with Crippen molar-refractivity contribution in [1.29, 1.82) is 0 Å². The largest absolute Gasteiger partial charge is 0.497 e. The van der Waals surface area contributed by atoms with E-state index in [1.54, 1.807) is 61.8 Å². The summed E-state index contributed by atoms with van der Waals surface area (Å²) in [4.78, 5) is 31.9. The van der Waals surface area contributed by atoms with Crippen LogP contribution >= 0.6 is 24.0 Å². The summed E-state index contributed by atoms with van der Waals surface area (Å²) in [6.45, 7) is 4.10. The van der Waals surface area contributed by atoms with E-state index in [0.29, 0.717) is 40.9 Å². The fourth-order valence-corrected chi connectivity index (χ4v) is 5.61. The fraction of sp³-hybridized carbons (Fsp3) is 0.306. The van der Waals surface area contributed by atoms with Gasteiger partial charge in [0, 0.05) is 40.1 Å². The number of hydrogen-bond donors (Lipinski definition) is 2. The van der Waals surface area contributed by atoms with Crippen molar-refractivity contribution in [3.63, 3.8) is 0 Å². The fourth-order valence-electron chi connectivity index (χ4n) is 5.48. The molecule has 1 aromatic heterocycles. The van der Waals surface area contributed by atoms with E-state index in [4.69, 9.17) is 21.1 Å². The Balaban J connectivity index is 0.00000480. The zero-order valence-corrected chi connectivity index (χ0v) is 27.5. The first-order valence-electron chi connectivity index (χ1n) is 15.4. The highest BCUT2D eigenvalue weighted by atomic mass is 35.5. The van der Waals surface area contributed by atoms with Crippen LogP contribution in [0.25, 0.3) is 0 Å². The number of rotatable bonds is 13. The highest BCUT2D eigenvalue weighted by Crippen LogP contribution is 2.37. The first kappa shape index (κ1) is 34.8. The van der Waals surface area contributed by atoms with Gasteiger partial charge in [0.1, 0.15) is 18.1 Å². The molecule has 10 heteroatoms. The molecule has 0 radical (unpaired) electrons. The van der Waals surface area contributed by atoms with Crippen LogP contribution < -0.4 is 20.1 Å². The lowest BCUT2D eigenvalue weighted by Crippen LogP contribution is -2.34. The lowest BCUT2D eigenvalue weighted by molar-refractivity contribution is 0.0951. The minimum atomic E-state index is -0.233. The van der Waals surface area contributed by atoms with Crippen molar-refractivity contribution in [2.75, 3.05) is 38.6 Å². The van der Waals surface area contributed by atoms with E-state index in [1.165, 1.54) is 5.56 Å². The van der Waals surface area contributed by atoms with Crippen molar-refractivity contribution in [3.8, 4) is 11.5 Å². The lowest BCUT2D eigenvalue weighted by Gasteiger charge is -2.33. The number of nitrogens with one attached hydrogen (secondary N) is 2. The number of carbonyl (C=O) groups is 2. The minimum Gasteiger partial charge on any atom is -0.497 e. The predicted octanol–water partition coefficient (Wildman–Crippen LogP) is 7.39. The number of nitrogens with zero attached hydrogens (tertiary/aromatic N) is 2. The molecule has 2 amide bonds. The van der Waals surface area contributed by atoms with Gasteiger partial charge in [0.2, 0.25) is 0 Å². The first-order chi connectivity index (χ1) is 22.0. The molecule has 0 atom stereocenters. The molecule has 0 bridgehead atoms. The summed E-state index contributed by atoms with van der Waals surface area (Å²) in [7, 11) is 1.69. The number of unbranched alkanes of at least 4 members (excludes halogenated alkanes) is 1. The van der Waals surface area contributed by atoms with Gasteiger partial charge in [-0.3, -0.25) is 14.6 Å². The minimum absolute atomic E-state index is 0. The van der Waals surface area contributed by atoms with E-state index in [0.717, 1.165) is 62.5 Å². The van der Waals surface area contributed by atoms with E-state index in [9.17, 15) is 9.59 Å². The average molecular weight is 664 g/mol. The van der Waals surface area contributed by atoms with Crippen molar-refractivity contribution in [2.45, 2.75) is 38.2 Å². The molecule has 2 N–H and O–H groups in total. The summed E-state index contributed by atoms with van der Waals surface area (Å²) < 4.78 is 11.7. The van der Waals surface area contributed by atoms with Crippen LogP contribution in [0.1, 0.15) is 63.6 Å². The zero-order chi connectivity index (χ0) is 31.4. The molecule has 0 spiro atoms. The van der Waals surface area contributed by atoms with Crippen LogP contribution in [-0.2, 0) is 6.61 Å². The maximum absolute atomic E-state index is 12.6. The Morgan fingerprint density at radius 3 is 2.33 bits per heavy atom. The molecular weight excluding hydrogens is 623 g/mol. The summed E-state index contributed by atoms with van der Waals surface area (Å²) >= 11 is 5.89. The van der Waals surface area contributed by atoms with Crippen molar-refractivity contribution in [1.82, 2.24) is 15.2 Å². The van der Waals surface area contributed by atoms with Crippen LogP contribution in [0.3, 0.4) is 0 Å². The maximum atomic E-state index is 12.6. The normalized spacial score (nSPS) is 13.3. The highest BCUT2D eigenvalue weighted by molar-refractivity contribution is 6.30. The molecule has 242 valence electrons. The number of amides is 2. The molecule has 1 aliphatic heterocycles. The average Bonchev–Trinajstić information content (AvgIpc) is 3.08. The molecule has 8 nitrogen and oxygen atoms in total. The lowest BCUT2D eigenvalue weighted by atomic mass is 9.88. The van der Waals surface area contributed by atoms with Gasteiger partial charge in [-0.1, -0.05) is 17.7 Å². The Labute approximate surface area is 281 Å². The third kappa shape index (κ3) is 9.94. The molecule has 2 heterocycles. The number of likely N-dealkylation sites (tertiary alicyclic amines) is 1. The number of halogens is 2. The van der Waals surface area contributed by atoms with E-state index < -0.39 is 0 Å². The molecule has 1 aliphatic rings. The summed E-state index contributed by atoms with van der Waals surface area (Å²) in [5, 5.41) is 6.42. The number of aromatic nitrogens is 1. The van der Waals surface area contributed by atoms with Crippen LogP contribution in [0.4, 0.5) is 5.69 Å². The van der Waals surface area contributed by atoms with E-state index >= 15 is 0 Å². The number of methoxy groups -OCH3 is 1. The Morgan fingerprint density at radius 1 is 0.913 bits per heavy atom. The first-order valence-corrected chi connectivity index (χ1v) is 15.7. The van der Waals surface area contributed by atoms with Crippen LogP contribution in [-0.4, -0.2) is 55.0 Å². The number of carbonyl (C=O) groups excluding carboxylic acids is 2. The number of ether oxygens (including phenoxy) is 2. The van der Waals surface area contributed by atoms with Gasteiger partial charge in [-0.05, 0) is 130 Å². The number of benzene rings is 3. The van der Waals surface area contributed by atoms with Gasteiger partial charge in [-0.25, -0.2) is 0 Å². The Morgan fingerprint density at radius 2 is 1.63 bits per heavy atom. The van der Waals surface area contributed by atoms with Crippen LogP contribution in [0.5, 0.6) is 11.5 Å². The predicted molar refractivity (Wildman–Crippen MR) is 185 cm³/mol.